The van der Waals surface area contributed by atoms with E-state index < -0.39 is 21.0 Å². The van der Waals surface area contributed by atoms with Crippen molar-refractivity contribution < 1.29 is 27.5 Å². The first kappa shape index (κ1) is 19.7. The second-order valence-corrected chi connectivity index (χ2v) is 8.70. The van der Waals surface area contributed by atoms with Gasteiger partial charge in [-0.3, -0.25) is 9.59 Å². The number of carbonyl (C=O) groups excluding carboxylic acids is 2. The van der Waals surface area contributed by atoms with Gasteiger partial charge in [-0.15, -0.1) is 0 Å². The normalized spacial score (nSPS) is 14.3. The Kier molecular flexibility index (Phi) is 5.55. The van der Waals surface area contributed by atoms with Gasteiger partial charge in [0.15, 0.2) is 16.4 Å². The summed E-state index contributed by atoms with van der Waals surface area (Å²) in [6.07, 6.45) is -0.205. The number of methoxy groups -OCH3 is 1. The van der Waals surface area contributed by atoms with Crippen molar-refractivity contribution >= 4 is 33.0 Å². The Balaban J connectivity index is 1.69. The first-order valence-corrected chi connectivity index (χ1v) is 10.1. The molecule has 0 aliphatic carbocycles. The van der Waals surface area contributed by atoms with E-state index in [-0.39, 0.29) is 29.6 Å². The highest BCUT2D eigenvalue weighted by atomic mass is 32.2. The highest BCUT2D eigenvalue weighted by molar-refractivity contribution is 7.92. The number of fused-ring (bicyclic) bond motifs is 1. The lowest BCUT2D eigenvalue weighted by Crippen LogP contribution is -2.27. The standard InChI is InChI=1S/C19H20N2O6S/c1-12(9-18(22)20-13-3-5-14(26-2)6-4-13)28(24,25)15-7-8-16-17(10-15)27-11-19(23)21-16/h3-8,10,12H,9,11H2,1-2H3,(H,20,22)(H,21,23). The first-order valence-electron chi connectivity index (χ1n) is 8.54. The van der Waals surface area contributed by atoms with Crippen LogP contribution < -0.4 is 20.1 Å². The molecule has 2 N–H and O–H groups in total. The summed E-state index contributed by atoms with van der Waals surface area (Å²) in [5.41, 5.74) is 0.966. The molecule has 0 saturated heterocycles. The number of rotatable bonds is 6. The smallest absolute Gasteiger partial charge is 0.262 e. The molecule has 148 valence electrons. The number of carbonyl (C=O) groups is 2. The minimum absolute atomic E-state index is 0.0344. The van der Waals surface area contributed by atoms with E-state index in [9.17, 15) is 18.0 Å². The van der Waals surface area contributed by atoms with Gasteiger partial charge in [0.05, 0.1) is 22.9 Å². The summed E-state index contributed by atoms with van der Waals surface area (Å²) in [6.45, 7) is 1.31. The SMILES string of the molecule is COc1ccc(NC(=O)CC(C)S(=O)(=O)c2ccc3c(c2)OCC(=O)N3)cc1. The van der Waals surface area contributed by atoms with E-state index in [0.29, 0.717) is 17.1 Å². The number of benzene rings is 2. The van der Waals surface area contributed by atoms with Gasteiger partial charge >= 0.3 is 0 Å². The van der Waals surface area contributed by atoms with Gasteiger partial charge in [-0.05, 0) is 43.3 Å². The highest BCUT2D eigenvalue weighted by Gasteiger charge is 2.28. The summed E-state index contributed by atoms with van der Waals surface area (Å²) in [5.74, 6) is 0.227. The summed E-state index contributed by atoms with van der Waals surface area (Å²) >= 11 is 0. The van der Waals surface area contributed by atoms with Crippen LogP contribution in [0.1, 0.15) is 13.3 Å². The predicted molar refractivity (Wildman–Crippen MR) is 103 cm³/mol. The van der Waals surface area contributed by atoms with Crippen LogP contribution in [0.3, 0.4) is 0 Å². The van der Waals surface area contributed by atoms with Gasteiger partial charge in [-0.1, -0.05) is 0 Å². The van der Waals surface area contributed by atoms with Crippen molar-refractivity contribution in [3.05, 3.63) is 42.5 Å². The van der Waals surface area contributed by atoms with Crippen LogP contribution in [0, 0.1) is 0 Å². The highest BCUT2D eigenvalue weighted by Crippen LogP contribution is 2.32. The Morgan fingerprint density at radius 3 is 2.64 bits per heavy atom. The molecule has 8 nitrogen and oxygen atoms in total. The number of sulfone groups is 1. The number of nitrogens with one attached hydrogen (secondary N) is 2. The molecular weight excluding hydrogens is 384 g/mol. The molecule has 0 fully saturated rings. The van der Waals surface area contributed by atoms with Gasteiger partial charge in [0, 0.05) is 18.2 Å². The molecule has 2 aromatic carbocycles. The molecule has 28 heavy (non-hydrogen) atoms. The minimum Gasteiger partial charge on any atom is -0.497 e. The third kappa shape index (κ3) is 4.25. The van der Waals surface area contributed by atoms with Crippen LogP contribution in [0.25, 0.3) is 0 Å². The third-order valence-electron chi connectivity index (χ3n) is 4.29. The molecule has 3 rings (SSSR count). The Labute approximate surface area is 162 Å². The van der Waals surface area contributed by atoms with Crippen molar-refractivity contribution in [1.29, 1.82) is 0 Å². The lowest BCUT2D eigenvalue weighted by Gasteiger charge is -2.19. The van der Waals surface area contributed by atoms with E-state index in [2.05, 4.69) is 10.6 Å². The number of hydrogen-bond acceptors (Lipinski definition) is 6. The van der Waals surface area contributed by atoms with Gasteiger partial charge in [-0.25, -0.2) is 8.42 Å². The minimum atomic E-state index is -3.76. The van der Waals surface area contributed by atoms with E-state index >= 15 is 0 Å². The van der Waals surface area contributed by atoms with Gasteiger partial charge in [-0.2, -0.15) is 0 Å². The molecular formula is C19H20N2O6S. The van der Waals surface area contributed by atoms with Crippen LogP contribution in [-0.4, -0.2) is 39.2 Å². The zero-order chi connectivity index (χ0) is 20.3. The fraction of sp³-hybridized carbons (Fsp3) is 0.263. The maximum atomic E-state index is 12.8. The Hall–Kier alpha value is -3.07. The van der Waals surface area contributed by atoms with Gasteiger partial charge in [0.1, 0.15) is 11.5 Å². The molecule has 2 amide bonds. The molecule has 1 aliphatic heterocycles. The average Bonchev–Trinajstić information content (AvgIpc) is 2.67. The van der Waals surface area contributed by atoms with Crippen LogP contribution in [0.2, 0.25) is 0 Å². The summed E-state index contributed by atoms with van der Waals surface area (Å²) in [6, 6.07) is 11.0. The summed E-state index contributed by atoms with van der Waals surface area (Å²) in [5, 5.41) is 4.33. The fourth-order valence-corrected chi connectivity index (χ4v) is 4.09. The number of anilines is 2. The van der Waals surface area contributed by atoms with Crippen molar-refractivity contribution in [2.75, 3.05) is 24.4 Å². The average molecular weight is 404 g/mol. The maximum absolute atomic E-state index is 12.8. The second-order valence-electron chi connectivity index (χ2n) is 6.33. The van der Waals surface area contributed by atoms with Crippen molar-refractivity contribution in [3.63, 3.8) is 0 Å². The van der Waals surface area contributed by atoms with Gasteiger partial charge < -0.3 is 20.1 Å². The number of ether oxygens (including phenoxy) is 2. The van der Waals surface area contributed by atoms with E-state index in [1.165, 1.54) is 25.1 Å². The molecule has 0 radical (unpaired) electrons. The zero-order valence-electron chi connectivity index (χ0n) is 15.4. The third-order valence-corrected chi connectivity index (χ3v) is 6.43. The van der Waals surface area contributed by atoms with Crippen molar-refractivity contribution in [2.24, 2.45) is 0 Å². The Morgan fingerprint density at radius 2 is 1.96 bits per heavy atom. The quantitative estimate of drug-likeness (QED) is 0.764. The molecule has 1 heterocycles. The Bertz CT molecular complexity index is 1000. The molecule has 1 atom stereocenters. The van der Waals surface area contributed by atoms with Gasteiger partial charge in [0.25, 0.3) is 5.91 Å². The van der Waals surface area contributed by atoms with E-state index in [4.69, 9.17) is 9.47 Å². The van der Waals surface area contributed by atoms with Crippen LogP contribution in [0.4, 0.5) is 11.4 Å². The molecule has 0 aromatic heterocycles. The molecule has 1 unspecified atom stereocenters. The van der Waals surface area contributed by atoms with E-state index in [1.54, 1.807) is 31.4 Å². The summed E-state index contributed by atoms with van der Waals surface area (Å²) in [7, 11) is -2.22. The topological polar surface area (TPSA) is 111 Å². The number of amides is 2. The second kappa shape index (κ2) is 7.89. The predicted octanol–water partition coefficient (Wildman–Crippen LogP) is 2.22. The van der Waals surface area contributed by atoms with E-state index in [0.717, 1.165) is 0 Å². The lowest BCUT2D eigenvalue weighted by atomic mass is 10.2. The van der Waals surface area contributed by atoms with Crippen molar-refractivity contribution in [1.82, 2.24) is 0 Å². The van der Waals surface area contributed by atoms with Crippen LogP contribution >= 0.6 is 0 Å². The van der Waals surface area contributed by atoms with Gasteiger partial charge in [0.2, 0.25) is 5.91 Å². The van der Waals surface area contributed by atoms with Crippen LogP contribution in [0.5, 0.6) is 11.5 Å². The molecule has 1 aliphatic rings. The molecule has 2 aromatic rings. The summed E-state index contributed by atoms with van der Waals surface area (Å²) in [4.78, 5) is 23.6. The number of hydrogen-bond donors (Lipinski definition) is 2. The van der Waals surface area contributed by atoms with E-state index in [1.807, 2.05) is 0 Å². The maximum Gasteiger partial charge on any atom is 0.262 e. The fourth-order valence-electron chi connectivity index (χ4n) is 2.72. The van der Waals surface area contributed by atoms with Crippen molar-refractivity contribution in [3.8, 4) is 11.5 Å². The molecule has 0 bridgehead atoms. The summed E-state index contributed by atoms with van der Waals surface area (Å²) < 4.78 is 35.9. The molecule has 0 spiro atoms. The largest absolute Gasteiger partial charge is 0.497 e. The first-order chi connectivity index (χ1) is 13.3. The lowest BCUT2D eigenvalue weighted by molar-refractivity contribution is -0.118. The Morgan fingerprint density at radius 1 is 1.25 bits per heavy atom. The molecule has 0 saturated carbocycles. The molecule has 9 heteroatoms. The zero-order valence-corrected chi connectivity index (χ0v) is 16.2. The van der Waals surface area contributed by atoms with Crippen molar-refractivity contribution in [2.45, 2.75) is 23.5 Å². The monoisotopic (exact) mass is 404 g/mol. The van der Waals surface area contributed by atoms with Crippen LogP contribution in [0.15, 0.2) is 47.4 Å². The van der Waals surface area contributed by atoms with Crippen LogP contribution in [-0.2, 0) is 19.4 Å².